The van der Waals surface area contributed by atoms with Crippen LogP contribution in [0.2, 0.25) is 0 Å². The number of carbonyl (C=O) groups excluding carboxylic acids is 1. The molecule has 1 amide bonds. The van der Waals surface area contributed by atoms with E-state index in [1.54, 1.807) is 11.3 Å². The lowest BCUT2D eigenvalue weighted by atomic mass is 10.1. The Hall–Kier alpha value is -2.47. The second kappa shape index (κ2) is 6.57. The minimum Gasteiger partial charge on any atom is -0.326 e. The van der Waals surface area contributed by atoms with E-state index in [4.69, 9.17) is 0 Å². The molecule has 0 atom stereocenters. The molecule has 0 saturated heterocycles. The van der Waals surface area contributed by atoms with Gasteiger partial charge in [-0.3, -0.25) is 9.48 Å². The van der Waals surface area contributed by atoms with Crippen LogP contribution in [-0.2, 0) is 18.3 Å². The second-order valence-electron chi connectivity index (χ2n) is 5.83. The van der Waals surface area contributed by atoms with Gasteiger partial charge in [0.05, 0.1) is 22.8 Å². The molecule has 24 heavy (non-hydrogen) atoms. The van der Waals surface area contributed by atoms with Gasteiger partial charge in [-0.05, 0) is 32.9 Å². The first-order valence-corrected chi connectivity index (χ1v) is 8.63. The van der Waals surface area contributed by atoms with Gasteiger partial charge >= 0.3 is 0 Å². The molecule has 0 fully saturated rings. The molecule has 0 bridgehead atoms. The highest BCUT2D eigenvalue weighted by Crippen LogP contribution is 2.24. The summed E-state index contributed by atoms with van der Waals surface area (Å²) in [7, 11) is 1.89. The number of anilines is 1. The molecular weight excluding hydrogens is 320 g/mol. The molecule has 0 aliphatic rings. The predicted octanol–water partition coefficient (Wildman–Crippen LogP) is 3.65. The van der Waals surface area contributed by atoms with Gasteiger partial charge in [-0.15, -0.1) is 11.3 Å². The van der Waals surface area contributed by atoms with E-state index in [2.05, 4.69) is 15.4 Å². The zero-order chi connectivity index (χ0) is 17.3. The topological polar surface area (TPSA) is 59.8 Å². The molecule has 1 N–H and O–H groups in total. The highest BCUT2D eigenvalue weighted by atomic mass is 32.1. The molecule has 6 heteroatoms. The number of thiazole rings is 1. The number of benzene rings is 1. The lowest BCUT2D eigenvalue weighted by molar-refractivity contribution is -0.115. The lowest BCUT2D eigenvalue weighted by Crippen LogP contribution is -2.15. The van der Waals surface area contributed by atoms with Crippen LogP contribution in [0, 0.1) is 20.8 Å². The Kier molecular flexibility index (Phi) is 4.49. The van der Waals surface area contributed by atoms with Crippen molar-refractivity contribution in [2.75, 3.05) is 5.32 Å². The summed E-state index contributed by atoms with van der Waals surface area (Å²) < 4.78 is 1.81. The Labute approximate surface area is 145 Å². The third-order valence-corrected chi connectivity index (χ3v) is 4.83. The number of nitrogens with zero attached hydrogens (tertiary/aromatic N) is 3. The van der Waals surface area contributed by atoms with E-state index in [9.17, 15) is 4.79 Å². The fourth-order valence-corrected chi connectivity index (χ4v) is 3.31. The molecular formula is C18H20N4OS. The molecule has 2 heterocycles. The molecule has 0 unspecified atom stereocenters. The molecule has 1 aromatic carbocycles. The summed E-state index contributed by atoms with van der Waals surface area (Å²) >= 11 is 1.62. The van der Waals surface area contributed by atoms with Crippen molar-refractivity contribution in [1.82, 2.24) is 14.8 Å². The number of amides is 1. The van der Waals surface area contributed by atoms with Crippen molar-refractivity contribution in [2.24, 2.45) is 7.05 Å². The van der Waals surface area contributed by atoms with Gasteiger partial charge in [0.1, 0.15) is 0 Å². The molecule has 0 saturated carbocycles. The number of hydrogen-bond acceptors (Lipinski definition) is 4. The van der Waals surface area contributed by atoms with E-state index >= 15 is 0 Å². The third-order valence-electron chi connectivity index (χ3n) is 4.06. The Balaban J connectivity index is 1.75. The van der Waals surface area contributed by atoms with Crippen molar-refractivity contribution >= 4 is 22.9 Å². The Morgan fingerprint density at radius 1 is 1.29 bits per heavy atom. The zero-order valence-corrected chi connectivity index (χ0v) is 15.1. The molecule has 0 spiro atoms. The van der Waals surface area contributed by atoms with Crippen LogP contribution in [-0.4, -0.2) is 20.7 Å². The highest BCUT2D eigenvalue weighted by molar-refractivity contribution is 7.09. The van der Waals surface area contributed by atoms with Gasteiger partial charge in [0, 0.05) is 34.9 Å². The van der Waals surface area contributed by atoms with Crippen LogP contribution >= 0.6 is 11.3 Å². The highest BCUT2D eigenvalue weighted by Gasteiger charge is 2.14. The van der Waals surface area contributed by atoms with Crippen LogP contribution < -0.4 is 5.32 Å². The van der Waals surface area contributed by atoms with Crippen molar-refractivity contribution in [3.8, 4) is 11.3 Å². The molecule has 5 nitrogen and oxygen atoms in total. The summed E-state index contributed by atoms with van der Waals surface area (Å²) in [5, 5.41) is 10.4. The summed E-state index contributed by atoms with van der Waals surface area (Å²) in [6, 6.07) is 7.78. The number of carbonyl (C=O) groups is 1. The summed E-state index contributed by atoms with van der Waals surface area (Å²) in [6.45, 7) is 5.90. The van der Waals surface area contributed by atoms with Crippen molar-refractivity contribution < 1.29 is 4.79 Å². The van der Waals surface area contributed by atoms with Gasteiger partial charge in [-0.25, -0.2) is 4.98 Å². The van der Waals surface area contributed by atoms with Crippen LogP contribution in [0.1, 0.15) is 22.0 Å². The van der Waals surface area contributed by atoms with Gasteiger partial charge in [-0.2, -0.15) is 5.10 Å². The largest absolute Gasteiger partial charge is 0.326 e. The minimum atomic E-state index is -0.0409. The van der Waals surface area contributed by atoms with Gasteiger partial charge in [0.25, 0.3) is 0 Å². The molecule has 0 aliphatic carbocycles. The first-order chi connectivity index (χ1) is 11.4. The summed E-state index contributed by atoms with van der Waals surface area (Å²) in [5.74, 6) is -0.0409. The average molecular weight is 340 g/mol. The zero-order valence-electron chi connectivity index (χ0n) is 14.3. The molecule has 3 rings (SSSR count). The summed E-state index contributed by atoms with van der Waals surface area (Å²) in [4.78, 5) is 16.9. The molecule has 0 aliphatic heterocycles. The van der Waals surface area contributed by atoms with E-state index in [0.717, 1.165) is 38.9 Å². The van der Waals surface area contributed by atoms with Gasteiger partial charge < -0.3 is 5.32 Å². The van der Waals surface area contributed by atoms with E-state index in [-0.39, 0.29) is 5.91 Å². The van der Waals surface area contributed by atoms with E-state index in [0.29, 0.717) is 6.42 Å². The second-order valence-corrected chi connectivity index (χ2v) is 6.89. The van der Waals surface area contributed by atoms with Crippen molar-refractivity contribution in [1.29, 1.82) is 0 Å². The number of hydrogen-bond donors (Lipinski definition) is 1. The SMILES string of the molecule is Cc1nc(-c2cccc(NC(=O)Cc3c(C)nn(C)c3C)c2)cs1. The maximum Gasteiger partial charge on any atom is 0.228 e. The fraction of sp³-hybridized carbons (Fsp3) is 0.278. The first-order valence-electron chi connectivity index (χ1n) is 7.75. The summed E-state index contributed by atoms with van der Waals surface area (Å²) in [6.07, 6.45) is 0.325. The predicted molar refractivity (Wildman–Crippen MR) is 97.3 cm³/mol. The van der Waals surface area contributed by atoms with E-state index in [1.165, 1.54) is 0 Å². The minimum absolute atomic E-state index is 0.0409. The van der Waals surface area contributed by atoms with E-state index in [1.807, 2.05) is 62.1 Å². The smallest absolute Gasteiger partial charge is 0.228 e. The Morgan fingerprint density at radius 2 is 2.08 bits per heavy atom. The molecule has 0 radical (unpaired) electrons. The van der Waals surface area contributed by atoms with Gasteiger partial charge in [0.2, 0.25) is 5.91 Å². The normalized spacial score (nSPS) is 10.8. The van der Waals surface area contributed by atoms with Crippen LogP contribution in [0.3, 0.4) is 0 Å². The number of aryl methyl sites for hydroxylation is 3. The standard InChI is InChI=1S/C18H20N4OS/c1-11-16(12(2)22(4)21-11)9-18(23)20-15-7-5-6-14(8-15)17-10-24-13(3)19-17/h5-8,10H,9H2,1-4H3,(H,20,23). The van der Waals surface area contributed by atoms with Crippen LogP contribution in [0.15, 0.2) is 29.6 Å². The van der Waals surface area contributed by atoms with Gasteiger partial charge in [-0.1, -0.05) is 12.1 Å². The van der Waals surface area contributed by atoms with Crippen LogP contribution in [0.4, 0.5) is 5.69 Å². The van der Waals surface area contributed by atoms with Crippen LogP contribution in [0.25, 0.3) is 11.3 Å². The number of aromatic nitrogens is 3. The average Bonchev–Trinajstić information content (AvgIpc) is 3.07. The van der Waals surface area contributed by atoms with Gasteiger partial charge in [0.15, 0.2) is 0 Å². The maximum absolute atomic E-state index is 12.4. The Bertz CT molecular complexity index is 894. The fourth-order valence-electron chi connectivity index (χ4n) is 2.69. The van der Waals surface area contributed by atoms with Crippen molar-refractivity contribution in [3.63, 3.8) is 0 Å². The molecule has 3 aromatic rings. The van der Waals surface area contributed by atoms with Crippen molar-refractivity contribution in [2.45, 2.75) is 27.2 Å². The number of nitrogens with one attached hydrogen (secondary N) is 1. The van der Waals surface area contributed by atoms with Crippen molar-refractivity contribution in [3.05, 3.63) is 51.6 Å². The summed E-state index contributed by atoms with van der Waals surface area (Å²) in [5.41, 5.74) is 5.63. The maximum atomic E-state index is 12.4. The third kappa shape index (κ3) is 3.38. The lowest BCUT2D eigenvalue weighted by Gasteiger charge is -2.07. The quantitative estimate of drug-likeness (QED) is 0.788. The number of rotatable bonds is 4. The molecule has 124 valence electrons. The van der Waals surface area contributed by atoms with Crippen LogP contribution in [0.5, 0.6) is 0 Å². The van der Waals surface area contributed by atoms with E-state index < -0.39 is 0 Å². The first kappa shape index (κ1) is 16.4. The Morgan fingerprint density at radius 3 is 2.71 bits per heavy atom. The monoisotopic (exact) mass is 340 g/mol. The molecule has 2 aromatic heterocycles.